The first-order chi connectivity index (χ1) is 9.61. The van der Waals surface area contributed by atoms with Crippen LogP contribution in [0.25, 0.3) is 0 Å². The van der Waals surface area contributed by atoms with Crippen LogP contribution in [-0.4, -0.2) is 50.3 Å². The highest BCUT2D eigenvalue weighted by molar-refractivity contribution is 5.90. The van der Waals surface area contributed by atoms with Crippen LogP contribution in [-0.2, 0) is 16.0 Å². The number of carboxylic acids is 1. The van der Waals surface area contributed by atoms with Crippen molar-refractivity contribution >= 4 is 17.6 Å². The highest BCUT2D eigenvalue weighted by atomic mass is 16.5. The lowest BCUT2D eigenvalue weighted by Gasteiger charge is -2.19. The Morgan fingerprint density at radius 2 is 2.25 bits per heavy atom. The van der Waals surface area contributed by atoms with Crippen molar-refractivity contribution in [1.29, 1.82) is 0 Å². The lowest BCUT2D eigenvalue weighted by molar-refractivity contribution is -0.119. The van der Waals surface area contributed by atoms with E-state index < -0.39 is 5.97 Å². The van der Waals surface area contributed by atoms with E-state index in [1.165, 1.54) is 0 Å². The largest absolute Gasteiger partial charge is 0.478 e. The van der Waals surface area contributed by atoms with E-state index in [1.807, 2.05) is 11.0 Å². The van der Waals surface area contributed by atoms with Gasteiger partial charge in [-0.15, -0.1) is 0 Å². The Labute approximate surface area is 117 Å². The molecule has 1 amide bonds. The van der Waals surface area contributed by atoms with Crippen LogP contribution < -0.4 is 10.2 Å². The van der Waals surface area contributed by atoms with Gasteiger partial charge in [-0.25, -0.2) is 4.79 Å². The maximum Gasteiger partial charge on any atom is 0.335 e. The van der Waals surface area contributed by atoms with E-state index in [1.54, 1.807) is 19.2 Å². The van der Waals surface area contributed by atoms with Gasteiger partial charge in [0.05, 0.1) is 18.7 Å². The average Bonchev–Trinajstić information content (AvgIpc) is 2.81. The second-order valence-electron chi connectivity index (χ2n) is 4.66. The fraction of sp³-hybridized carbons (Fsp3) is 0.429. The van der Waals surface area contributed by atoms with Crippen molar-refractivity contribution in [3.05, 3.63) is 29.3 Å². The first kappa shape index (κ1) is 14.3. The fourth-order valence-electron chi connectivity index (χ4n) is 2.26. The number of benzene rings is 1. The Morgan fingerprint density at radius 3 is 2.95 bits per heavy atom. The maximum absolute atomic E-state index is 11.8. The molecule has 0 spiro atoms. The summed E-state index contributed by atoms with van der Waals surface area (Å²) in [5.41, 5.74) is 2.17. The summed E-state index contributed by atoms with van der Waals surface area (Å²) < 4.78 is 4.87. The number of carbonyl (C=O) groups excluding carboxylic acids is 1. The number of carboxylic acid groups (broad SMARTS) is 1. The van der Waals surface area contributed by atoms with Gasteiger partial charge in [0.1, 0.15) is 0 Å². The summed E-state index contributed by atoms with van der Waals surface area (Å²) in [5.74, 6) is -1.04. The van der Waals surface area contributed by atoms with E-state index in [0.29, 0.717) is 13.2 Å². The Balaban J connectivity index is 2.01. The second kappa shape index (κ2) is 6.38. The van der Waals surface area contributed by atoms with Gasteiger partial charge in [-0.1, -0.05) is 6.07 Å². The molecule has 6 heteroatoms. The SMILES string of the molecule is COCCNC(=O)CN1CCc2ccc(C(=O)O)cc21. The highest BCUT2D eigenvalue weighted by Crippen LogP contribution is 2.28. The van der Waals surface area contributed by atoms with Crippen molar-refractivity contribution in [2.75, 3.05) is 38.3 Å². The van der Waals surface area contributed by atoms with Crippen LogP contribution in [0.5, 0.6) is 0 Å². The first-order valence-electron chi connectivity index (χ1n) is 6.48. The summed E-state index contributed by atoms with van der Waals surface area (Å²) in [6, 6.07) is 5.05. The number of carbonyl (C=O) groups is 2. The maximum atomic E-state index is 11.8. The lowest BCUT2D eigenvalue weighted by atomic mass is 10.1. The van der Waals surface area contributed by atoms with E-state index >= 15 is 0 Å². The van der Waals surface area contributed by atoms with Crippen LogP contribution >= 0.6 is 0 Å². The minimum absolute atomic E-state index is 0.0874. The second-order valence-corrected chi connectivity index (χ2v) is 4.66. The van der Waals surface area contributed by atoms with Crippen molar-refractivity contribution in [2.45, 2.75) is 6.42 Å². The number of fused-ring (bicyclic) bond motifs is 1. The number of anilines is 1. The number of nitrogens with zero attached hydrogens (tertiary/aromatic N) is 1. The van der Waals surface area contributed by atoms with E-state index in [0.717, 1.165) is 24.2 Å². The molecule has 1 heterocycles. The van der Waals surface area contributed by atoms with Gasteiger partial charge in [0, 0.05) is 25.9 Å². The van der Waals surface area contributed by atoms with E-state index in [4.69, 9.17) is 9.84 Å². The van der Waals surface area contributed by atoms with Crippen LogP contribution in [0.3, 0.4) is 0 Å². The molecular formula is C14H18N2O4. The van der Waals surface area contributed by atoms with Crippen LogP contribution in [0.4, 0.5) is 5.69 Å². The molecular weight excluding hydrogens is 260 g/mol. The minimum Gasteiger partial charge on any atom is -0.478 e. The van der Waals surface area contributed by atoms with Crippen molar-refractivity contribution in [1.82, 2.24) is 5.32 Å². The third kappa shape index (κ3) is 3.27. The Kier molecular flexibility index (Phi) is 4.57. The molecule has 2 rings (SSSR count). The summed E-state index contributed by atoms with van der Waals surface area (Å²) in [5, 5.41) is 11.8. The molecule has 0 fully saturated rings. The molecule has 1 aliphatic heterocycles. The fourth-order valence-corrected chi connectivity index (χ4v) is 2.26. The molecule has 1 aromatic carbocycles. The monoisotopic (exact) mass is 278 g/mol. The van der Waals surface area contributed by atoms with Gasteiger partial charge in [-0.2, -0.15) is 0 Å². The van der Waals surface area contributed by atoms with Crippen LogP contribution in [0.1, 0.15) is 15.9 Å². The normalized spacial score (nSPS) is 13.2. The molecule has 2 N–H and O–H groups in total. The number of nitrogens with one attached hydrogen (secondary N) is 1. The topological polar surface area (TPSA) is 78.9 Å². The molecule has 0 atom stereocenters. The summed E-state index contributed by atoms with van der Waals surface area (Å²) >= 11 is 0. The summed E-state index contributed by atoms with van der Waals surface area (Å²) in [6.45, 7) is 1.92. The summed E-state index contributed by atoms with van der Waals surface area (Å²) in [7, 11) is 1.58. The van der Waals surface area contributed by atoms with E-state index in [-0.39, 0.29) is 18.0 Å². The molecule has 0 aliphatic carbocycles. The predicted molar refractivity (Wildman–Crippen MR) is 74.2 cm³/mol. The molecule has 6 nitrogen and oxygen atoms in total. The molecule has 0 saturated carbocycles. The van der Waals surface area contributed by atoms with Gasteiger partial charge in [0.2, 0.25) is 5.91 Å². The molecule has 0 saturated heterocycles. The zero-order valence-corrected chi connectivity index (χ0v) is 11.4. The molecule has 0 aromatic heterocycles. The van der Waals surface area contributed by atoms with Gasteiger partial charge in [-0.3, -0.25) is 4.79 Å². The third-order valence-corrected chi connectivity index (χ3v) is 3.29. The first-order valence-corrected chi connectivity index (χ1v) is 6.48. The summed E-state index contributed by atoms with van der Waals surface area (Å²) in [6.07, 6.45) is 0.834. The zero-order valence-electron chi connectivity index (χ0n) is 11.4. The molecule has 1 aromatic rings. The van der Waals surface area contributed by atoms with Gasteiger partial charge in [-0.05, 0) is 24.1 Å². The smallest absolute Gasteiger partial charge is 0.335 e. The molecule has 0 bridgehead atoms. The number of amides is 1. The number of ether oxygens (including phenoxy) is 1. The molecule has 108 valence electrons. The molecule has 1 aliphatic rings. The number of hydrogen-bond donors (Lipinski definition) is 2. The Hall–Kier alpha value is -2.08. The van der Waals surface area contributed by atoms with E-state index in [9.17, 15) is 9.59 Å². The number of rotatable bonds is 6. The van der Waals surface area contributed by atoms with Gasteiger partial charge < -0.3 is 20.1 Å². The highest BCUT2D eigenvalue weighted by Gasteiger charge is 2.22. The summed E-state index contributed by atoms with van der Waals surface area (Å²) in [4.78, 5) is 24.7. The van der Waals surface area contributed by atoms with Crippen molar-refractivity contribution < 1.29 is 19.4 Å². The van der Waals surface area contributed by atoms with Crippen molar-refractivity contribution in [3.63, 3.8) is 0 Å². The van der Waals surface area contributed by atoms with Crippen LogP contribution in [0.15, 0.2) is 18.2 Å². The van der Waals surface area contributed by atoms with Crippen LogP contribution in [0.2, 0.25) is 0 Å². The van der Waals surface area contributed by atoms with Gasteiger partial charge >= 0.3 is 5.97 Å². The van der Waals surface area contributed by atoms with Crippen molar-refractivity contribution in [2.24, 2.45) is 0 Å². The number of methoxy groups -OCH3 is 1. The minimum atomic E-state index is -0.954. The number of aromatic carboxylic acids is 1. The van der Waals surface area contributed by atoms with Gasteiger partial charge in [0.15, 0.2) is 0 Å². The lowest BCUT2D eigenvalue weighted by Crippen LogP contribution is -2.37. The Morgan fingerprint density at radius 1 is 1.45 bits per heavy atom. The quantitative estimate of drug-likeness (QED) is 0.741. The third-order valence-electron chi connectivity index (χ3n) is 3.29. The Bertz CT molecular complexity index is 516. The predicted octanol–water partition coefficient (Wildman–Crippen LogP) is 0.510. The zero-order chi connectivity index (χ0) is 14.5. The van der Waals surface area contributed by atoms with E-state index in [2.05, 4.69) is 5.32 Å². The molecule has 0 radical (unpaired) electrons. The van der Waals surface area contributed by atoms with Crippen LogP contribution in [0, 0.1) is 0 Å². The molecule has 0 unspecified atom stereocenters. The number of hydrogen-bond acceptors (Lipinski definition) is 4. The standard InChI is InChI=1S/C14H18N2O4/c1-20-7-5-15-13(17)9-16-6-4-10-2-3-11(14(18)19)8-12(10)16/h2-3,8H,4-7,9H2,1H3,(H,15,17)(H,18,19). The van der Waals surface area contributed by atoms with Gasteiger partial charge in [0.25, 0.3) is 0 Å². The molecule has 20 heavy (non-hydrogen) atoms. The van der Waals surface area contributed by atoms with Crippen molar-refractivity contribution in [3.8, 4) is 0 Å². The average molecular weight is 278 g/mol.